The molecule has 0 aliphatic heterocycles. The molecule has 0 radical (unpaired) electrons. The molecule has 4 nitrogen and oxygen atoms in total. The van der Waals surface area contributed by atoms with Crippen molar-refractivity contribution in [2.24, 2.45) is 0 Å². The molecule has 94 valence electrons. The van der Waals surface area contributed by atoms with Crippen LogP contribution in [0.1, 0.15) is 32.3 Å². The van der Waals surface area contributed by atoms with E-state index >= 15 is 0 Å². The SMILES string of the molecule is CCC(CC)(Oc1cccc(CO)c1)C(=O)O. The lowest BCUT2D eigenvalue weighted by Crippen LogP contribution is -2.43. The number of aliphatic hydroxyl groups excluding tert-OH is 1. The largest absolute Gasteiger partial charge is 0.478 e. The normalized spacial score (nSPS) is 11.2. The molecule has 0 spiro atoms. The van der Waals surface area contributed by atoms with Gasteiger partial charge in [0.1, 0.15) is 5.75 Å². The van der Waals surface area contributed by atoms with E-state index in [0.29, 0.717) is 24.2 Å². The van der Waals surface area contributed by atoms with Gasteiger partial charge in [0.05, 0.1) is 6.61 Å². The molecule has 1 rings (SSSR count). The molecule has 2 N–H and O–H groups in total. The Morgan fingerprint density at radius 2 is 2.00 bits per heavy atom. The number of carbonyl (C=O) groups is 1. The zero-order chi connectivity index (χ0) is 12.9. The molecule has 0 aromatic heterocycles. The Labute approximate surface area is 101 Å². The van der Waals surface area contributed by atoms with E-state index in [1.807, 2.05) is 0 Å². The number of rotatable bonds is 6. The van der Waals surface area contributed by atoms with Gasteiger partial charge in [-0.2, -0.15) is 0 Å². The van der Waals surface area contributed by atoms with E-state index in [4.69, 9.17) is 9.84 Å². The van der Waals surface area contributed by atoms with Gasteiger partial charge >= 0.3 is 5.97 Å². The highest BCUT2D eigenvalue weighted by Gasteiger charge is 2.37. The Bertz CT molecular complexity index is 383. The van der Waals surface area contributed by atoms with Gasteiger partial charge in [0.15, 0.2) is 0 Å². The fourth-order valence-corrected chi connectivity index (χ4v) is 1.67. The van der Waals surface area contributed by atoms with Gasteiger partial charge in [-0.25, -0.2) is 4.79 Å². The van der Waals surface area contributed by atoms with Crippen LogP contribution in [0.5, 0.6) is 5.75 Å². The van der Waals surface area contributed by atoms with Crippen LogP contribution in [-0.2, 0) is 11.4 Å². The quantitative estimate of drug-likeness (QED) is 0.797. The Balaban J connectivity index is 2.97. The Hall–Kier alpha value is -1.55. The highest BCUT2D eigenvalue weighted by Crippen LogP contribution is 2.25. The Morgan fingerprint density at radius 3 is 2.47 bits per heavy atom. The van der Waals surface area contributed by atoms with E-state index in [1.165, 1.54) is 0 Å². The fraction of sp³-hybridized carbons (Fsp3) is 0.462. The number of carboxylic acid groups (broad SMARTS) is 1. The summed E-state index contributed by atoms with van der Waals surface area (Å²) in [5.41, 5.74) is -0.484. The first-order valence-electron chi connectivity index (χ1n) is 5.70. The first kappa shape index (κ1) is 13.5. The minimum Gasteiger partial charge on any atom is -0.478 e. The fourth-order valence-electron chi connectivity index (χ4n) is 1.67. The van der Waals surface area contributed by atoms with Crippen LogP contribution in [0.4, 0.5) is 0 Å². The average Bonchev–Trinajstić information content (AvgIpc) is 2.36. The monoisotopic (exact) mass is 238 g/mol. The molecule has 0 aliphatic rings. The van der Waals surface area contributed by atoms with Crippen LogP contribution in [0.2, 0.25) is 0 Å². The van der Waals surface area contributed by atoms with Crippen molar-refractivity contribution < 1.29 is 19.7 Å². The second kappa shape index (κ2) is 5.68. The summed E-state index contributed by atoms with van der Waals surface area (Å²) in [6.45, 7) is 3.48. The minimum absolute atomic E-state index is 0.0878. The minimum atomic E-state index is -1.19. The molecule has 0 heterocycles. The average molecular weight is 238 g/mol. The molecular formula is C13H18O4. The number of benzene rings is 1. The maximum absolute atomic E-state index is 11.3. The molecule has 0 amide bonds. The number of hydrogen-bond donors (Lipinski definition) is 2. The third kappa shape index (κ3) is 2.97. The van der Waals surface area contributed by atoms with Gasteiger partial charge in [0.25, 0.3) is 0 Å². The summed E-state index contributed by atoms with van der Waals surface area (Å²) in [7, 11) is 0. The topological polar surface area (TPSA) is 66.8 Å². The van der Waals surface area contributed by atoms with Crippen LogP contribution in [0.3, 0.4) is 0 Å². The second-order valence-corrected chi connectivity index (χ2v) is 3.91. The molecule has 1 aromatic rings. The summed E-state index contributed by atoms with van der Waals surface area (Å²) < 4.78 is 5.59. The van der Waals surface area contributed by atoms with Crippen molar-refractivity contribution in [2.45, 2.75) is 38.9 Å². The van der Waals surface area contributed by atoms with E-state index in [9.17, 15) is 9.90 Å². The standard InChI is InChI=1S/C13H18O4/c1-3-13(4-2,12(15)16)17-11-7-5-6-10(8-11)9-14/h5-8,14H,3-4,9H2,1-2H3,(H,15,16). The van der Waals surface area contributed by atoms with E-state index in [1.54, 1.807) is 38.1 Å². The van der Waals surface area contributed by atoms with Crippen LogP contribution >= 0.6 is 0 Å². The molecule has 0 saturated carbocycles. The summed E-state index contributed by atoms with van der Waals surface area (Å²) >= 11 is 0. The van der Waals surface area contributed by atoms with Crippen molar-refractivity contribution in [1.82, 2.24) is 0 Å². The van der Waals surface area contributed by atoms with Crippen molar-refractivity contribution in [1.29, 1.82) is 0 Å². The van der Waals surface area contributed by atoms with E-state index in [-0.39, 0.29) is 6.61 Å². The highest BCUT2D eigenvalue weighted by atomic mass is 16.5. The van der Waals surface area contributed by atoms with E-state index in [2.05, 4.69) is 0 Å². The predicted molar refractivity (Wildman–Crippen MR) is 63.9 cm³/mol. The zero-order valence-electron chi connectivity index (χ0n) is 10.1. The Morgan fingerprint density at radius 1 is 1.35 bits per heavy atom. The first-order chi connectivity index (χ1) is 8.07. The van der Waals surface area contributed by atoms with Gasteiger partial charge in [-0.05, 0) is 30.5 Å². The lowest BCUT2D eigenvalue weighted by molar-refractivity contribution is -0.156. The molecule has 0 atom stereocenters. The summed E-state index contributed by atoms with van der Waals surface area (Å²) in [5.74, 6) is -0.487. The predicted octanol–water partition coefficient (Wildman–Crippen LogP) is 2.20. The van der Waals surface area contributed by atoms with Crippen LogP contribution < -0.4 is 4.74 Å². The lowest BCUT2D eigenvalue weighted by atomic mass is 9.97. The third-order valence-electron chi connectivity index (χ3n) is 2.93. The van der Waals surface area contributed by atoms with Crippen LogP contribution in [0, 0.1) is 0 Å². The molecular weight excluding hydrogens is 220 g/mol. The van der Waals surface area contributed by atoms with Crippen molar-refractivity contribution in [3.63, 3.8) is 0 Å². The highest BCUT2D eigenvalue weighted by molar-refractivity contribution is 5.77. The second-order valence-electron chi connectivity index (χ2n) is 3.91. The summed E-state index contributed by atoms with van der Waals surface area (Å²) in [6, 6.07) is 6.84. The number of aliphatic carboxylic acids is 1. The summed E-state index contributed by atoms with van der Waals surface area (Å²) in [5, 5.41) is 18.2. The zero-order valence-corrected chi connectivity index (χ0v) is 10.1. The van der Waals surface area contributed by atoms with Gasteiger partial charge in [-0.15, -0.1) is 0 Å². The smallest absolute Gasteiger partial charge is 0.348 e. The molecule has 4 heteroatoms. The van der Waals surface area contributed by atoms with Crippen molar-refractivity contribution >= 4 is 5.97 Å². The van der Waals surface area contributed by atoms with Crippen molar-refractivity contribution in [3.8, 4) is 5.75 Å². The molecule has 1 aromatic carbocycles. The molecule has 17 heavy (non-hydrogen) atoms. The third-order valence-corrected chi connectivity index (χ3v) is 2.93. The molecule has 0 aliphatic carbocycles. The van der Waals surface area contributed by atoms with Crippen molar-refractivity contribution in [3.05, 3.63) is 29.8 Å². The van der Waals surface area contributed by atoms with Gasteiger partial charge in [0.2, 0.25) is 5.60 Å². The van der Waals surface area contributed by atoms with Crippen LogP contribution in [-0.4, -0.2) is 21.8 Å². The maximum atomic E-state index is 11.3. The summed E-state index contributed by atoms with van der Waals surface area (Å²) in [6.07, 6.45) is 0.782. The van der Waals surface area contributed by atoms with Crippen molar-refractivity contribution in [2.75, 3.05) is 0 Å². The number of aliphatic hydroxyl groups is 1. The lowest BCUT2D eigenvalue weighted by Gasteiger charge is -2.28. The van der Waals surface area contributed by atoms with Gasteiger partial charge in [0, 0.05) is 0 Å². The Kier molecular flexibility index (Phi) is 4.52. The van der Waals surface area contributed by atoms with Crippen LogP contribution in [0.25, 0.3) is 0 Å². The van der Waals surface area contributed by atoms with Gasteiger partial charge in [-0.1, -0.05) is 26.0 Å². The van der Waals surface area contributed by atoms with Gasteiger partial charge < -0.3 is 14.9 Å². The molecule has 0 fully saturated rings. The van der Waals surface area contributed by atoms with E-state index < -0.39 is 11.6 Å². The van der Waals surface area contributed by atoms with Gasteiger partial charge in [-0.3, -0.25) is 0 Å². The van der Waals surface area contributed by atoms with E-state index in [0.717, 1.165) is 0 Å². The number of hydrogen-bond acceptors (Lipinski definition) is 3. The number of ether oxygens (including phenoxy) is 1. The molecule has 0 bridgehead atoms. The first-order valence-corrected chi connectivity index (χ1v) is 5.70. The van der Waals surface area contributed by atoms with Crippen LogP contribution in [0.15, 0.2) is 24.3 Å². The number of carboxylic acids is 1. The molecule has 0 saturated heterocycles. The maximum Gasteiger partial charge on any atom is 0.348 e. The summed E-state index contributed by atoms with van der Waals surface area (Å²) in [4.78, 5) is 11.3. The molecule has 0 unspecified atom stereocenters.